The molecule has 7 heteroatoms. The predicted molar refractivity (Wildman–Crippen MR) is 82.5 cm³/mol. The van der Waals surface area contributed by atoms with Crippen LogP contribution in [0.3, 0.4) is 0 Å². The minimum Gasteiger partial charge on any atom is -0.482 e. The zero-order valence-corrected chi connectivity index (χ0v) is 12.7. The number of hydrogen-bond acceptors (Lipinski definition) is 4. The van der Waals surface area contributed by atoms with Gasteiger partial charge < -0.3 is 4.74 Å². The van der Waals surface area contributed by atoms with Gasteiger partial charge in [0.25, 0.3) is 11.8 Å². The number of carbonyl (C=O) groups is 3. The maximum atomic E-state index is 12.0. The van der Waals surface area contributed by atoms with Crippen LogP contribution in [0.1, 0.15) is 25.7 Å². The minimum atomic E-state index is -0.443. The van der Waals surface area contributed by atoms with Crippen molar-refractivity contribution in [2.24, 2.45) is 5.92 Å². The van der Waals surface area contributed by atoms with Gasteiger partial charge >= 0.3 is 0 Å². The largest absolute Gasteiger partial charge is 0.482 e. The van der Waals surface area contributed by atoms with Gasteiger partial charge in [-0.05, 0) is 25.0 Å². The van der Waals surface area contributed by atoms with Gasteiger partial charge in [-0.2, -0.15) is 0 Å². The molecule has 23 heavy (non-hydrogen) atoms. The zero-order valence-electron chi connectivity index (χ0n) is 12.7. The molecule has 1 aromatic carbocycles. The van der Waals surface area contributed by atoms with Crippen LogP contribution in [0.25, 0.3) is 0 Å². The summed E-state index contributed by atoms with van der Waals surface area (Å²) in [6.45, 7) is -0.261. The molecule has 0 saturated heterocycles. The molecule has 0 atom stereocenters. The number of nitrogens with zero attached hydrogens (tertiary/aromatic N) is 1. The normalized spacial score (nSPS) is 17.4. The number of anilines is 1. The fraction of sp³-hybridized carbons (Fsp3) is 0.438. The molecule has 7 nitrogen and oxygen atoms in total. The third kappa shape index (κ3) is 3.44. The van der Waals surface area contributed by atoms with E-state index in [1.807, 2.05) is 0 Å². The summed E-state index contributed by atoms with van der Waals surface area (Å²) in [5, 5.41) is 0. The van der Waals surface area contributed by atoms with Crippen LogP contribution in [0, 0.1) is 5.92 Å². The van der Waals surface area contributed by atoms with E-state index in [2.05, 4.69) is 10.9 Å². The summed E-state index contributed by atoms with van der Waals surface area (Å²) in [5.74, 6) is -0.358. The van der Waals surface area contributed by atoms with Crippen LogP contribution < -0.4 is 20.5 Å². The fourth-order valence-corrected chi connectivity index (χ4v) is 2.93. The van der Waals surface area contributed by atoms with Crippen LogP contribution in [0.5, 0.6) is 5.75 Å². The molecule has 2 aliphatic rings. The Bertz CT molecular complexity index is 626. The third-order valence-corrected chi connectivity index (χ3v) is 4.16. The average molecular weight is 317 g/mol. The minimum absolute atomic E-state index is 0.0268. The third-order valence-electron chi connectivity index (χ3n) is 4.16. The SMILES string of the molecule is O=C(CN1C(=O)COc2ccccc21)NNC(=O)C1CCCC1. The summed E-state index contributed by atoms with van der Waals surface area (Å²) in [5.41, 5.74) is 5.39. The zero-order chi connectivity index (χ0) is 16.2. The van der Waals surface area contributed by atoms with Crippen LogP contribution in [0.2, 0.25) is 0 Å². The van der Waals surface area contributed by atoms with Gasteiger partial charge in [-0.25, -0.2) is 0 Å². The smallest absolute Gasteiger partial charge is 0.265 e. The van der Waals surface area contributed by atoms with Crippen LogP contribution in [0.4, 0.5) is 5.69 Å². The van der Waals surface area contributed by atoms with Gasteiger partial charge in [0.1, 0.15) is 12.3 Å². The van der Waals surface area contributed by atoms with Crippen LogP contribution >= 0.6 is 0 Å². The van der Waals surface area contributed by atoms with Gasteiger partial charge in [0.2, 0.25) is 5.91 Å². The highest BCUT2D eigenvalue weighted by molar-refractivity contribution is 6.02. The van der Waals surface area contributed by atoms with Crippen molar-refractivity contribution in [2.75, 3.05) is 18.1 Å². The number of fused-ring (bicyclic) bond motifs is 1. The van der Waals surface area contributed by atoms with E-state index in [-0.39, 0.29) is 30.9 Å². The highest BCUT2D eigenvalue weighted by Gasteiger charge is 2.27. The molecule has 2 N–H and O–H groups in total. The van der Waals surface area contributed by atoms with E-state index in [0.29, 0.717) is 11.4 Å². The summed E-state index contributed by atoms with van der Waals surface area (Å²) in [6.07, 6.45) is 3.81. The Morgan fingerprint density at radius 1 is 1.17 bits per heavy atom. The molecule has 1 heterocycles. The number of benzene rings is 1. The van der Waals surface area contributed by atoms with Crippen LogP contribution in [-0.4, -0.2) is 30.9 Å². The van der Waals surface area contributed by atoms with Gasteiger partial charge in [0.05, 0.1) is 5.69 Å². The van der Waals surface area contributed by atoms with Crippen molar-refractivity contribution in [2.45, 2.75) is 25.7 Å². The molecule has 1 aliphatic carbocycles. The topological polar surface area (TPSA) is 87.7 Å². The van der Waals surface area contributed by atoms with Gasteiger partial charge in [0, 0.05) is 5.92 Å². The van der Waals surface area contributed by atoms with Gasteiger partial charge in [-0.1, -0.05) is 25.0 Å². The monoisotopic (exact) mass is 317 g/mol. The lowest BCUT2D eigenvalue weighted by molar-refractivity contribution is -0.131. The van der Waals surface area contributed by atoms with E-state index < -0.39 is 5.91 Å². The summed E-state index contributed by atoms with van der Waals surface area (Å²) < 4.78 is 5.32. The molecule has 3 amide bonds. The van der Waals surface area contributed by atoms with Crippen molar-refractivity contribution in [3.05, 3.63) is 24.3 Å². The van der Waals surface area contributed by atoms with Crippen molar-refractivity contribution in [3.8, 4) is 5.75 Å². The first kappa shape index (κ1) is 15.3. The Morgan fingerprint density at radius 3 is 2.70 bits per heavy atom. The Kier molecular flexibility index (Phi) is 4.45. The maximum absolute atomic E-state index is 12.0. The molecular formula is C16H19N3O4. The van der Waals surface area contributed by atoms with Crippen molar-refractivity contribution >= 4 is 23.4 Å². The molecule has 3 rings (SSSR count). The molecule has 0 bridgehead atoms. The highest BCUT2D eigenvalue weighted by atomic mass is 16.5. The molecular weight excluding hydrogens is 298 g/mol. The van der Waals surface area contributed by atoms with Crippen LogP contribution in [0.15, 0.2) is 24.3 Å². The molecule has 0 radical (unpaired) electrons. The lowest BCUT2D eigenvalue weighted by Crippen LogP contribution is -2.50. The van der Waals surface area contributed by atoms with E-state index in [0.717, 1.165) is 25.7 Å². The second-order valence-electron chi connectivity index (χ2n) is 5.76. The first-order valence-corrected chi connectivity index (χ1v) is 7.76. The summed E-state index contributed by atoms with van der Waals surface area (Å²) in [6, 6.07) is 7.04. The molecule has 1 aliphatic heterocycles. The number of para-hydroxylation sites is 2. The van der Waals surface area contributed by atoms with Gasteiger partial charge in [-0.15, -0.1) is 0 Å². The molecule has 0 spiro atoms. The first-order chi connectivity index (χ1) is 11.1. The van der Waals surface area contributed by atoms with E-state index in [4.69, 9.17) is 4.74 Å². The standard InChI is InChI=1S/C16H19N3O4/c20-14(17-18-16(22)11-5-1-2-6-11)9-19-12-7-3-4-8-13(12)23-10-15(19)21/h3-4,7-8,11H,1-2,5-6,9-10H2,(H,17,20)(H,18,22). The number of carbonyl (C=O) groups excluding carboxylic acids is 3. The van der Waals surface area contributed by atoms with E-state index in [9.17, 15) is 14.4 Å². The Hall–Kier alpha value is -2.57. The van der Waals surface area contributed by atoms with Gasteiger partial charge in [0.15, 0.2) is 6.61 Å². The molecule has 1 aromatic rings. The molecule has 1 saturated carbocycles. The van der Waals surface area contributed by atoms with Crippen molar-refractivity contribution in [3.63, 3.8) is 0 Å². The predicted octanol–water partition coefficient (Wildman–Crippen LogP) is 0.750. The molecule has 0 unspecified atom stereocenters. The van der Waals surface area contributed by atoms with Crippen molar-refractivity contribution in [1.82, 2.24) is 10.9 Å². The summed E-state index contributed by atoms with van der Waals surface area (Å²) >= 11 is 0. The Morgan fingerprint density at radius 2 is 1.91 bits per heavy atom. The van der Waals surface area contributed by atoms with Crippen molar-refractivity contribution in [1.29, 1.82) is 0 Å². The van der Waals surface area contributed by atoms with E-state index in [1.165, 1.54) is 4.90 Å². The quantitative estimate of drug-likeness (QED) is 0.805. The highest BCUT2D eigenvalue weighted by Crippen LogP contribution is 2.31. The second kappa shape index (κ2) is 6.68. The molecule has 0 aromatic heterocycles. The number of rotatable bonds is 3. The fourth-order valence-electron chi connectivity index (χ4n) is 2.93. The first-order valence-electron chi connectivity index (χ1n) is 7.76. The lowest BCUT2D eigenvalue weighted by atomic mass is 10.1. The number of amides is 3. The molecule has 1 fully saturated rings. The van der Waals surface area contributed by atoms with E-state index >= 15 is 0 Å². The summed E-state index contributed by atoms with van der Waals surface area (Å²) in [7, 11) is 0. The average Bonchev–Trinajstić information content (AvgIpc) is 3.10. The van der Waals surface area contributed by atoms with Crippen LogP contribution in [-0.2, 0) is 14.4 Å². The Labute approximate surface area is 133 Å². The summed E-state index contributed by atoms with van der Waals surface area (Å²) in [4.78, 5) is 37.2. The number of hydrogen-bond donors (Lipinski definition) is 2. The second-order valence-corrected chi connectivity index (χ2v) is 5.76. The number of hydrazine groups is 1. The molecule has 122 valence electrons. The lowest BCUT2D eigenvalue weighted by Gasteiger charge is -2.28. The van der Waals surface area contributed by atoms with Gasteiger partial charge in [-0.3, -0.25) is 30.1 Å². The number of ether oxygens (including phenoxy) is 1. The Balaban J connectivity index is 1.57. The number of nitrogens with one attached hydrogen (secondary N) is 2. The van der Waals surface area contributed by atoms with Crippen molar-refractivity contribution < 1.29 is 19.1 Å². The van der Waals surface area contributed by atoms with E-state index in [1.54, 1.807) is 24.3 Å². The maximum Gasteiger partial charge on any atom is 0.265 e.